The zero-order valence-corrected chi connectivity index (χ0v) is 16.8. The van der Waals surface area contributed by atoms with E-state index in [9.17, 15) is 22.8 Å². The minimum Gasteiger partial charge on any atom is -0.339 e. The molecule has 0 saturated carbocycles. The van der Waals surface area contributed by atoms with E-state index in [1.807, 2.05) is 0 Å². The Balaban J connectivity index is 1.39. The molecule has 1 unspecified atom stereocenters. The molecule has 0 N–H and O–H groups in total. The highest BCUT2D eigenvalue weighted by atomic mass is 19.4. The van der Waals surface area contributed by atoms with Crippen LogP contribution in [0.2, 0.25) is 0 Å². The molecule has 4 rings (SSSR count). The highest BCUT2D eigenvalue weighted by Gasteiger charge is 2.39. The highest BCUT2D eigenvalue weighted by molar-refractivity contribution is 6.06. The summed E-state index contributed by atoms with van der Waals surface area (Å²) >= 11 is 0. The number of amides is 2. The second-order valence-corrected chi connectivity index (χ2v) is 8.14. The molecule has 3 heterocycles. The van der Waals surface area contributed by atoms with Crippen LogP contribution >= 0.6 is 0 Å². The molecule has 5 nitrogen and oxygen atoms in total. The van der Waals surface area contributed by atoms with Gasteiger partial charge in [0.2, 0.25) is 5.91 Å². The number of likely N-dealkylation sites (tertiary alicyclic amines) is 2. The van der Waals surface area contributed by atoms with Crippen LogP contribution in [0.5, 0.6) is 0 Å². The molecule has 3 aliphatic heterocycles. The number of nitrogens with zero attached hydrogens (tertiary/aromatic N) is 3. The van der Waals surface area contributed by atoms with Crippen LogP contribution in [0.15, 0.2) is 41.0 Å². The summed E-state index contributed by atoms with van der Waals surface area (Å²) < 4.78 is 40.0. The smallest absolute Gasteiger partial charge is 0.339 e. The lowest BCUT2D eigenvalue weighted by Gasteiger charge is -2.35. The van der Waals surface area contributed by atoms with E-state index in [-0.39, 0.29) is 23.7 Å². The Morgan fingerprint density at radius 3 is 2.37 bits per heavy atom. The first kappa shape index (κ1) is 20.6. The SMILES string of the molecule is CC(=O)N1CCC2C(C(=O)N3CCC(c4ccccc4C(F)(F)F)CC3)=CN=C2C1. The normalized spacial score (nSPS) is 22.5. The van der Waals surface area contributed by atoms with Crippen LogP contribution in [-0.4, -0.2) is 53.5 Å². The second-order valence-electron chi connectivity index (χ2n) is 8.14. The zero-order chi connectivity index (χ0) is 21.5. The Bertz CT molecular complexity index is 914. The summed E-state index contributed by atoms with van der Waals surface area (Å²) in [6, 6.07) is 5.72. The quantitative estimate of drug-likeness (QED) is 0.735. The maximum absolute atomic E-state index is 13.3. The number of fused-ring (bicyclic) bond motifs is 1. The predicted molar refractivity (Wildman–Crippen MR) is 106 cm³/mol. The number of alkyl halides is 3. The molecule has 8 heteroatoms. The van der Waals surface area contributed by atoms with E-state index in [0.717, 1.165) is 11.8 Å². The van der Waals surface area contributed by atoms with E-state index in [4.69, 9.17) is 0 Å². The van der Waals surface area contributed by atoms with Crippen LogP contribution in [0, 0.1) is 5.92 Å². The monoisotopic (exact) mass is 419 g/mol. The number of piperidine rings is 2. The van der Waals surface area contributed by atoms with Crippen molar-refractivity contribution in [2.75, 3.05) is 26.2 Å². The first-order valence-electron chi connectivity index (χ1n) is 10.2. The first-order valence-corrected chi connectivity index (χ1v) is 10.2. The first-order chi connectivity index (χ1) is 14.3. The molecule has 0 spiro atoms. The third-order valence-electron chi connectivity index (χ3n) is 6.37. The van der Waals surface area contributed by atoms with E-state index in [1.54, 1.807) is 28.1 Å². The molecule has 30 heavy (non-hydrogen) atoms. The fourth-order valence-electron chi connectivity index (χ4n) is 4.70. The van der Waals surface area contributed by atoms with Crippen molar-refractivity contribution in [3.8, 4) is 0 Å². The summed E-state index contributed by atoms with van der Waals surface area (Å²) in [5.41, 5.74) is 1.22. The summed E-state index contributed by atoms with van der Waals surface area (Å²) in [6.07, 6.45) is -1.09. The molecule has 160 valence electrons. The fraction of sp³-hybridized carbons (Fsp3) is 0.500. The number of aliphatic imine (C=N–C) groups is 1. The molecule has 0 radical (unpaired) electrons. The van der Waals surface area contributed by atoms with Gasteiger partial charge in [0.05, 0.1) is 12.1 Å². The van der Waals surface area contributed by atoms with Gasteiger partial charge in [-0.3, -0.25) is 14.6 Å². The van der Waals surface area contributed by atoms with E-state index in [0.29, 0.717) is 56.6 Å². The Hall–Kier alpha value is -2.64. The Kier molecular flexibility index (Phi) is 5.42. The average molecular weight is 419 g/mol. The van der Waals surface area contributed by atoms with Crippen LogP contribution in [-0.2, 0) is 15.8 Å². The third-order valence-corrected chi connectivity index (χ3v) is 6.37. The van der Waals surface area contributed by atoms with Crippen molar-refractivity contribution in [3.63, 3.8) is 0 Å². The van der Waals surface area contributed by atoms with Crippen LogP contribution in [0.25, 0.3) is 0 Å². The van der Waals surface area contributed by atoms with E-state index in [2.05, 4.69) is 4.99 Å². The molecule has 0 aromatic heterocycles. The van der Waals surface area contributed by atoms with Gasteiger partial charge in [0.15, 0.2) is 0 Å². The van der Waals surface area contributed by atoms with Gasteiger partial charge in [0.1, 0.15) is 0 Å². The summed E-state index contributed by atoms with van der Waals surface area (Å²) in [4.78, 5) is 32.5. The van der Waals surface area contributed by atoms with Gasteiger partial charge in [-0.05, 0) is 36.8 Å². The van der Waals surface area contributed by atoms with E-state index >= 15 is 0 Å². The van der Waals surface area contributed by atoms with E-state index in [1.165, 1.54) is 13.0 Å². The molecule has 1 aromatic carbocycles. The Labute approximate surface area is 173 Å². The molecular weight excluding hydrogens is 395 g/mol. The summed E-state index contributed by atoms with van der Waals surface area (Å²) in [7, 11) is 0. The lowest BCUT2D eigenvalue weighted by molar-refractivity contribution is -0.139. The highest BCUT2D eigenvalue weighted by Crippen LogP contribution is 2.39. The molecular formula is C22H24F3N3O2. The maximum atomic E-state index is 13.3. The van der Waals surface area contributed by atoms with Crippen molar-refractivity contribution in [3.05, 3.63) is 47.2 Å². The van der Waals surface area contributed by atoms with Crippen LogP contribution in [0.3, 0.4) is 0 Å². The van der Waals surface area contributed by atoms with Crippen molar-refractivity contribution in [2.45, 2.75) is 38.3 Å². The lowest BCUT2D eigenvalue weighted by Crippen LogP contribution is -2.45. The van der Waals surface area contributed by atoms with Crippen molar-refractivity contribution < 1.29 is 22.8 Å². The minimum atomic E-state index is -4.37. The molecule has 2 fully saturated rings. The molecule has 0 aliphatic carbocycles. The Morgan fingerprint density at radius 1 is 1.03 bits per heavy atom. The molecule has 0 bridgehead atoms. The lowest BCUT2D eigenvalue weighted by atomic mass is 9.85. The van der Waals surface area contributed by atoms with Crippen molar-refractivity contribution in [1.29, 1.82) is 0 Å². The van der Waals surface area contributed by atoms with Crippen LogP contribution in [0.4, 0.5) is 13.2 Å². The number of hydrogen-bond acceptors (Lipinski definition) is 3. The molecule has 2 amide bonds. The Morgan fingerprint density at radius 2 is 1.70 bits per heavy atom. The van der Waals surface area contributed by atoms with Crippen molar-refractivity contribution in [2.24, 2.45) is 10.9 Å². The standard InChI is InChI=1S/C22H24F3N3O2/c1-14(29)28-11-8-17-18(12-26-20(17)13-28)21(30)27-9-6-15(7-10-27)16-4-2-3-5-19(16)22(23,24)25/h2-5,12,15,17H,6-11,13H2,1H3. The minimum absolute atomic E-state index is 0.00265. The number of carbonyl (C=O) groups is 2. The van der Waals surface area contributed by atoms with Crippen LogP contribution < -0.4 is 0 Å². The van der Waals surface area contributed by atoms with Gasteiger partial charge in [0, 0.05) is 50.0 Å². The number of rotatable bonds is 2. The predicted octanol–water partition coefficient (Wildman–Crippen LogP) is 3.62. The van der Waals surface area contributed by atoms with Gasteiger partial charge < -0.3 is 9.80 Å². The largest absolute Gasteiger partial charge is 0.416 e. The summed E-state index contributed by atoms with van der Waals surface area (Å²) in [6.45, 7) is 3.42. The maximum Gasteiger partial charge on any atom is 0.416 e. The van der Waals surface area contributed by atoms with Crippen molar-refractivity contribution >= 4 is 17.5 Å². The number of benzene rings is 1. The van der Waals surface area contributed by atoms with Crippen LogP contribution in [0.1, 0.15) is 43.2 Å². The molecule has 2 saturated heterocycles. The van der Waals surface area contributed by atoms with Gasteiger partial charge in [-0.25, -0.2) is 0 Å². The van der Waals surface area contributed by atoms with E-state index < -0.39 is 11.7 Å². The third kappa shape index (κ3) is 3.87. The number of carbonyl (C=O) groups excluding carboxylic acids is 2. The van der Waals surface area contributed by atoms with Crippen molar-refractivity contribution in [1.82, 2.24) is 9.80 Å². The van der Waals surface area contributed by atoms with Gasteiger partial charge in [-0.2, -0.15) is 13.2 Å². The van der Waals surface area contributed by atoms with Gasteiger partial charge >= 0.3 is 6.18 Å². The number of halogens is 3. The average Bonchev–Trinajstić information content (AvgIpc) is 3.16. The number of hydrogen-bond donors (Lipinski definition) is 0. The fourth-order valence-corrected chi connectivity index (χ4v) is 4.70. The zero-order valence-electron chi connectivity index (χ0n) is 16.8. The molecule has 1 aromatic rings. The molecule has 1 atom stereocenters. The molecule has 3 aliphatic rings. The summed E-state index contributed by atoms with van der Waals surface area (Å²) in [5.74, 6) is -0.360. The van der Waals surface area contributed by atoms with Gasteiger partial charge in [-0.15, -0.1) is 0 Å². The summed E-state index contributed by atoms with van der Waals surface area (Å²) in [5, 5.41) is 0. The van der Waals surface area contributed by atoms with Gasteiger partial charge in [-0.1, -0.05) is 18.2 Å². The topological polar surface area (TPSA) is 53.0 Å². The second kappa shape index (κ2) is 7.89. The van der Waals surface area contributed by atoms with Gasteiger partial charge in [0.25, 0.3) is 5.91 Å².